The third-order valence-electron chi connectivity index (χ3n) is 5.36. The number of halogens is 2. The predicted molar refractivity (Wildman–Crippen MR) is 94.0 cm³/mol. The zero-order valence-corrected chi connectivity index (χ0v) is 15.2. The Balaban J connectivity index is 1.49. The monoisotopic (exact) mass is 371 g/mol. The average molecular weight is 372 g/mol. The van der Waals surface area contributed by atoms with E-state index in [1.165, 1.54) is 12.8 Å². The van der Waals surface area contributed by atoms with E-state index in [0.29, 0.717) is 35.1 Å². The summed E-state index contributed by atoms with van der Waals surface area (Å²) >= 11 is 12.6. The van der Waals surface area contributed by atoms with E-state index in [1.807, 2.05) is 18.2 Å². The average Bonchev–Trinajstić information content (AvgIpc) is 3.22. The van der Waals surface area contributed by atoms with Gasteiger partial charge in [0.15, 0.2) is 11.5 Å². The molecule has 0 bridgehead atoms. The Morgan fingerprint density at radius 2 is 1.79 bits per heavy atom. The van der Waals surface area contributed by atoms with Crippen LogP contribution in [0.25, 0.3) is 0 Å². The third-order valence-corrected chi connectivity index (χ3v) is 5.96. The van der Waals surface area contributed by atoms with Gasteiger partial charge in [0.1, 0.15) is 6.10 Å². The third kappa shape index (κ3) is 3.27. The molecule has 0 amide bonds. The van der Waals surface area contributed by atoms with Gasteiger partial charge >= 0.3 is 0 Å². The summed E-state index contributed by atoms with van der Waals surface area (Å²) in [5.74, 6) is 0.226. The van der Waals surface area contributed by atoms with Gasteiger partial charge in [0.2, 0.25) is 0 Å². The molecule has 6 heteroatoms. The fourth-order valence-corrected chi connectivity index (χ4v) is 4.66. The molecule has 2 heterocycles. The molecular weight excluding hydrogens is 349 g/mol. The fraction of sp³-hybridized carbons (Fsp3) is 0.667. The molecule has 1 aromatic rings. The standard InChI is InChI=1S/C18H23Cl2NO3/c19-13-4-3-5-14(20)17(13)24-16-7-2-1-6-15(16)21-9-8-18(12-21)22-10-11-23-18/h3-5,15-16H,1-2,6-12H2/t15-,16-/m0/s1. The van der Waals surface area contributed by atoms with E-state index >= 15 is 0 Å². The number of ether oxygens (including phenoxy) is 3. The smallest absolute Gasteiger partial charge is 0.182 e. The molecule has 2 saturated heterocycles. The summed E-state index contributed by atoms with van der Waals surface area (Å²) in [6.07, 6.45) is 5.59. The zero-order valence-electron chi connectivity index (χ0n) is 13.7. The molecule has 24 heavy (non-hydrogen) atoms. The van der Waals surface area contributed by atoms with Crippen LogP contribution >= 0.6 is 23.2 Å². The topological polar surface area (TPSA) is 30.9 Å². The number of likely N-dealkylation sites (tertiary alicyclic amines) is 1. The van der Waals surface area contributed by atoms with E-state index in [2.05, 4.69) is 4.90 Å². The van der Waals surface area contributed by atoms with Crippen molar-refractivity contribution in [3.63, 3.8) is 0 Å². The number of hydrogen-bond acceptors (Lipinski definition) is 4. The Labute approximate surface area is 153 Å². The Bertz CT molecular complexity index is 571. The second kappa shape index (κ2) is 7.00. The SMILES string of the molecule is Clc1cccc(Cl)c1O[C@H]1CCCC[C@@H]1N1CCC2(C1)OCCO2. The molecule has 4 rings (SSSR count). The largest absolute Gasteiger partial charge is 0.486 e. The fourth-order valence-electron chi connectivity index (χ4n) is 4.18. The van der Waals surface area contributed by atoms with Crippen molar-refractivity contribution >= 4 is 23.2 Å². The van der Waals surface area contributed by atoms with Crippen LogP contribution in [0.4, 0.5) is 0 Å². The van der Waals surface area contributed by atoms with Crippen LogP contribution in [0.3, 0.4) is 0 Å². The highest BCUT2D eigenvalue weighted by atomic mass is 35.5. The summed E-state index contributed by atoms with van der Waals surface area (Å²) in [5.41, 5.74) is 0. The van der Waals surface area contributed by atoms with Gasteiger partial charge in [-0.3, -0.25) is 4.90 Å². The lowest BCUT2D eigenvalue weighted by Crippen LogP contribution is -2.48. The molecule has 1 aliphatic carbocycles. The van der Waals surface area contributed by atoms with Crippen LogP contribution in [0.5, 0.6) is 5.75 Å². The first-order chi connectivity index (χ1) is 11.7. The highest BCUT2D eigenvalue weighted by Gasteiger charge is 2.47. The highest BCUT2D eigenvalue weighted by molar-refractivity contribution is 6.37. The van der Waals surface area contributed by atoms with Gasteiger partial charge in [0.05, 0.1) is 29.8 Å². The number of benzene rings is 1. The second-order valence-electron chi connectivity index (χ2n) is 6.89. The lowest BCUT2D eigenvalue weighted by molar-refractivity contribution is -0.148. The molecule has 1 aromatic carbocycles. The minimum Gasteiger partial charge on any atom is -0.486 e. The molecule has 3 aliphatic rings. The number of para-hydroxylation sites is 1. The molecule has 132 valence electrons. The first kappa shape index (κ1) is 16.9. The molecule has 0 N–H and O–H groups in total. The van der Waals surface area contributed by atoms with Crippen molar-refractivity contribution in [2.45, 2.75) is 50.0 Å². The van der Waals surface area contributed by atoms with Crippen LogP contribution in [0, 0.1) is 0 Å². The van der Waals surface area contributed by atoms with Crippen molar-refractivity contribution in [2.75, 3.05) is 26.3 Å². The first-order valence-electron chi connectivity index (χ1n) is 8.79. The molecule has 0 unspecified atom stereocenters. The van der Waals surface area contributed by atoms with Crippen LogP contribution in [0.1, 0.15) is 32.1 Å². The quantitative estimate of drug-likeness (QED) is 0.798. The minimum absolute atomic E-state index is 0.104. The molecule has 4 nitrogen and oxygen atoms in total. The Morgan fingerprint density at radius 3 is 2.54 bits per heavy atom. The molecular formula is C18H23Cl2NO3. The van der Waals surface area contributed by atoms with Gasteiger partial charge < -0.3 is 14.2 Å². The van der Waals surface area contributed by atoms with Gasteiger partial charge in [-0.2, -0.15) is 0 Å². The maximum atomic E-state index is 6.31. The summed E-state index contributed by atoms with van der Waals surface area (Å²) in [6.45, 7) is 3.22. The van der Waals surface area contributed by atoms with Crippen LogP contribution in [-0.4, -0.2) is 49.1 Å². The summed E-state index contributed by atoms with van der Waals surface area (Å²) in [6, 6.07) is 5.85. The van der Waals surface area contributed by atoms with Crippen molar-refractivity contribution in [2.24, 2.45) is 0 Å². The van der Waals surface area contributed by atoms with E-state index in [4.69, 9.17) is 37.4 Å². The number of nitrogens with zero attached hydrogens (tertiary/aromatic N) is 1. The molecule has 2 atom stereocenters. The van der Waals surface area contributed by atoms with E-state index in [9.17, 15) is 0 Å². The highest BCUT2D eigenvalue weighted by Crippen LogP contribution is 2.39. The first-order valence-corrected chi connectivity index (χ1v) is 9.55. The van der Waals surface area contributed by atoms with E-state index in [1.54, 1.807) is 0 Å². The van der Waals surface area contributed by atoms with Crippen molar-refractivity contribution in [1.29, 1.82) is 0 Å². The lowest BCUT2D eigenvalue weighted by atomic mass is 9.91. The maximum absolute atomic E-state index is 6.31. The van der Waals surface area contributed by atoms with Gasteiger partial charge in [0, 0.05) is 19.0 Å². The van der Waals surface area contributed by atoms with Crippen molar-refractivity contribution in [3.8, 4) is 5.75 Å². The summed E-state index contributed by atoms with van der Waals surface area (Å²) in [4.78, 5) is 2.47. The summed E-state index contributed by atoms with van der Waals surface area (Å²) < 4.78 is 18.0. The van der Waals surface area contributed by atoms with Gasteiger partial charge in [-0.05, 0) is 31.4 Å². The summed E-state index contributed by atoms with van der Waals surface area (Å²) in [5, 5.41) is 1.15. The Kier molecular flexibility index (Phi) is 4.94. The van der Waals surface area contributed by atoms with Crippen LogP contribution in [0.2, 0.25) is 10.0 Å². The zero-order chi connectivity index (χ0) is 16.6. The minimum atomic E-state index is -0.385. The molecule has 3 fully saturated rings. The molecule has 0 radical (unpaired) electrons. The molecule has 1 saturated carbocycles. The van der Waals surface area contributed by atoms with Gasteiger partial charge in [-0.15, -0.1) is 0 Å². The predicted octanol–water partition coefficient (Wildman–Crippen LogP) is 4.13. The Morgan fingerprint density at radius 1 is 1.08 bits per heavy atom. The molecule has 1 spiro atoms. The second-order valence-corrected chi connectivity index (χ2v) is 7.70. The lowest BCUT2D eigenvalue weighted by Gasteiger charge is -2.38. The van der Waals surface area contributed by atoms with E-state index in [0.717, 1.165) is 32.4 Å². The van der Waals surface area contributed by atoms with Crippen molar-refractivity contribution < 1.29 is 14.2 Å². The maximum Gasteiger partial charge on any atom is 0.182 e. The molecule has 0 aromatic heterocycles. The summed E-state index contributed by atoms with van der Waals surface area (Å²) in [7, 11) is 0. The van der Waals surface area contributed by atoms with Crippen LogP contribution in [-0.2, 0) is 9.47 Å². The van der Waals surface area contributed by atoms with Crippen LogP contribution in [0.15, 0.2) is 18.2 Å². The van der Waals surface area contributed by atoms with Crippen molar-refractivity contribution in [1.82, 2.24) is 4.90 Å². The van der Waals surface area contributed by atoms with Crippen molar-refractivity contribution in [3.05, 3.63) is 28.2 Å². The Hall–Kier alpha value is -0.520. The van der Waals surface area contributed by atoms with E-state index in [-0.39, 0.29) is 11.9 Å². The van der Waals surface area contributed by atoms with Gasteiger partial charge in [-0.1, -0.05) is 35.7 Å². The van der Waals surface area contributed by atoms with E-state index < -0.39 is 0 Å². The number of hydrogen-bond donors (Lipinski definition) is 0. The molecule has 2 aliphatic heterocycles. The van der Waals surface area contributed by atoms with Gasteiger partial charge in [0.25, 0.3) is 0 Å². The van der Waals surface area contributed by atoms with Gasteiger partial charge in [-0.25, -0.2) is 0 Å². The van der Waals surface area contributed by atoms with Crippen LogP contribution < -0.4 is 4.74 Å². The number of rotatable bonds is 3. The normalized spacial score (nSPS) is 30.1.